The van der Waals surface area contributed by atoms with E-state index in [0.717, 1.165) is 17.7 Å². The van der Waals surface area contributed by atoms with Gasteiger partial charge >= 0.3 is 6.36 Å². The Morgan fingerprint density at radius 1 is 1.26 bits per heavy atom. The highest BCUT2D eigenvalue weighted by molar-refractivity contribution is 6.31. The van der Waals surface area contributed by atoms with E-state index in [4.69, 9.17) is 11.6 Å². The second-order valence-electron chi connectivity index (χ2n) is 7.24. The third-order valence-electron chi connectivity index (χ3n) is 4.78. The Hall–Kier alpha value is -3.07. The fourth-order valence-corrected chi connectivity index (χ4v) is 3.21. The van der Waals surface area contributed by atoms with Crippen molar-refractivity contribution in [1.82, 2.24) is 20.3 Å². The zero-order valence-electron chi connectivity index (χ0n) is 16.8. The van der Waals surface area contributed by atoms with E-state index < -0.39 is 23.6 Å². The summed E-state index contributed by atoms with van der Waals surface area (Å²) in [6.07, 6.45) is -2.60. The van der Waals surface area contributed by atoms with Gasteiger partial charge in [0.25, 0.3) is 5.91 Å². The van der Waals surface area contributed by atoms with Gasteiger partial charge in [0.15, 0.2) is 0 Å². The highest BCUT2D eigenvalue weighted by atomic mass is 35.5. The summed E-state index contributed by atoms with van der Waals surface area (Å²) in [5, 5.41) is 12.3. The first kappa shape index (κ1) is 22.6. The van der Waals surface area contributed by atoms with Gasteiger partial charge in [0.1, 0.15) is 16.8 Å². The second kappa shape index (κ2) is 8.58. The van der Waals surface area contributed by atoms with E-state index in [0.29, 0.717) is 22.5 Å². The van der Waals surface area contributed by atoms with Gasteiger partial charge in [-0.2, -0.15) is 15.0 Å². The van der Waals surface area contributed by atoms with Gasteiger partial charge in [-0.25, -0.2) is 0 Å². The van der Waals surface area contributed by atoms with Crippen molar-refractivity contribution in [2.75, 3.05) is 0 Å². The molecule has 0 aliphatic rings. The smallest absolute Gasteiger partial charge is 0.406 e. The van der Waals surface area contributed by atoms with Gasteiger partial charge in [-0.3, -0.25) is 4.79 Å². The molecule has 0 spiro atoms. The summed E-state index contributed by atoms with van der Waals surface area (Å²) in [6.45, 7) is 7.76. The van der Waals surface area contributed by atoms with Gasteiger partial charge in [-0.15, -0.1) is 13.2 Å². The van der Waals surface area contributed by atoms with Crippen LogP contribution in [-0.2, 0) is 6.54 Å². The van der Waals surface area contributed by atoms with E-state index in [-0.39, 0.29) is 12.1 Å². The molecule has 1 amide bonds. The van der Waals surface area contributed by atoms with E-state index >= 15 is 0 Å². The Bertz CT molecular complexity index is 1110. The zero-order chi connectivity index (χ0) is 22.8. The molecule has 1 atom stereocenters. The van der Waals surface area contributed by atoms with Crippen molar-refractivity contribution in [3.63, 3.8) is 0 Å². The molecule has 0 radical (unpaired) electrons. The predicted octanol–water partition coefficient (Wildman–Crippen LogP) is 5.23. The number of ether oxygens (including phenoxy) is 1. The van der Waals surface area contributed by atoms with Gasteiger partial charge in [0.05, 0.1) is 12.1 Å². The molecule has 0 fully saturated rings. The normalized spacial score (nSPS) is 13.6. The van der Waals surface area contributed by atoms with E-state index in [2.05, 4.69) is 26.8 Å². The Kier molecular flexibility index (Phi) is 6.26. The molecule has 1 N–H and O–H groups in total. The molecule has 2 aromatic carbocycles. The molecule has 0 aliphatic heterocycles. The van der Waals surface area contributed by atoms with Gasteiger partial charge in [-0.05, 0) is 49.7 Å². The molecular weight excluding hydrogens is 433 g/mol. The number of nitrogens with one attached hydrogen (secondary N) is 1. The first-order chi connectivity index (χ1) is 14.5. The van der Waals surface area contributed by atoms with Crippen LogP contribution in [0.25, 0.3) is 17.1 Å². The zero-order valence-corrected chi connectivity index (χ0v) is 17.6. The lowest BCUT2D eigenvalue weighted by atomic mass is 9.98. The van der Waals surface area contributed by atoms with Gasteiger partial charge in [-0.1, -0.05) is 31.2 Å². The van der Waals surface area contributed by atoms with Crippen LogP contribution in [0.4, 0.5) is 13.2 Å². The van der Waals surface area contributed by atoms with Gasteiger partial charge in [0, 0.05) is 16.1 Å². The van der Waals surface area contributed by atoms with Crippen molar-refractivity contribution in [3.05, 3.63) is 59.1 Å². The number of hydrogen-bond donors (Lipinski definition) is 1. The number of fused-ring (bicyclic) bond motifs is 1. The summed E-state index contributed by atoms with van der Waals surface area (Å²) in [4.78, 5) is 14.2. The maximum atomic E-state index is 12.7. The van der Waals surface area contributed by atoms with Crippen LogP contribution >= 0.6 is 11.6 Å². The lowest BCUT2D eigenvalue weighted by Gasteiger charge is -2.29. The molecule has 31 heavy (non-hydrogen) atoms. The van der Waals surface area contributed by atoms with Gasteiger partial charge in [0.2, 0.25) is 0 Å². The Morgan fingerprint density at radius 3 is 2.52 bits per heavy atom. The van der Waals surface area contributed by atoms with E-state index in [1.165, 1.54) is 16.9 Å². The summed E-state index contributed by atoms with van der Waals surface area (Å²) < 4.78 is 40.7. The van der Waals surface area contributed by atoms with Crippen LogP contribution in [0.1, 0.15) is 36.2 Å². The highest BCUT2D eigenvalue weighted by Gasteiger charge is 2.31. The summed E-state index contributed by atoms with van der Waals surface area (Å²) in [7, 11) is 0. The number of carbonyl (C=O) groups excluding carboxylic acids is 1. The number of amides is 1. The molecule has 3 aromatic rings. The molecule has 0 aliphatic carbocycles. The van der Waals surface area contributed by atoms with E-state index in [1.807, 2.05) is 13.8 Å². The molecule has 1 heterocycles. The van der Waals surface area contributed by atoms with Crippen LogP contribution in [0.2, 0.25) is 5.02 Å². The highest BCUT2D eigenvalue weighted by Crippen LogP contribution is 2.24. The lowest BCUT2D eigenvalue weighted by molar-refractivity contribution is -0.274. The average Bonchev–Trinajstić information content (AvgIpc) is 3.08. The number of rotatable bonds is 7. The maximum absolute atomic E-state index is 12.7. The standard InChI is InChI=1S/C21H20ClF3N4O2/c1-4-13-10-15(22)11-17-18(13)28-29(27-17)12-20(3,5-2)26-19(30)14-6-8-16(9-7-14)31-21(23,24)25/h4,6-11H,1,5,12H2,2-3H3,(H,26,30). The second-order valence-corrected chi connectivity index (χ2v) is 7.67. The maximum Gasteiger partial charge on any atom is 0.573 e. The first-order valence-electron chi connectivity index (χ1n) is 9.37. The number of aromatic nitrogens is 3. The van der Waals surface area contributed by atoms with Gasteiger partial charge < -0.3 is 10.1 Å². The van der Waals surface area contributed by atoms with Crippen molar-refractivity contribution in [1.29, 1.82) is 0 Å². The number of halogens is 4. The molecule has 3 rings (SSSR count). The number of alkyl halides is 3. The third kappa shape index (κ3) is 5.55. The summed E-state index contributed by atoms with van der Waals surface area (Å²) in [5.41, 5.74) is 1.48. The fourth-order valence-electron chi connectivity index (χ4n) is 2.99. The Balaban J connectivity index is 1.77. The summed E-state index contributed by atoms with van der Waals surface area (Å²) >= 11 is 6.10. The van der Waals surface area contributed by atoms with Crippen molar-refractivity contribution >= 4 is 34.6 Å². The molecule has 164 valence electrons. The molecule has 10 heteroatoms. The topological polar surface area (TPSA) is 69.0 Å². The van der Waals surface area contributed by atoms with Crippen molar-refractivity contribution < 1.29 is 22.7 Å². The predicted molar refractivity (Wildman–Crippen MR) is 112 cm³/mol. The molecule has 6 nitrogen and oxygen atoms in total. The van der Waals surface area contributed by atoms with Crippen molar-refractivity contribution in [2.24, 2.45) is 0 Å². The lowest BCUT2D eigenvalue weighted by Crippen LogP contribution is -2.49. The van der Waals surface area contributed by atoms with Crippen LogP contribution in [0, 0.1) is 0 Å². The van der Waals surface area contributed by atoms with Crippen LogP contribution in [0.3, 0.4) is 0 Å². The minimum atomic E-state index is -4.79. The third-order valence-corrected chi connectivity index (χ3v) is 5.00. The van der Waals surface area contributed by atoms with E-state index in [1.54, 1.807) is 18.2 Å². The quantitative estimate of drug-likeness (QED) is 0.533. The molecule has 0 saturated heterocycles. The minimum absolute atomic E-state index is 0.202. The average molecular weight is 453 g/mol. The molecule has 0 saturated carbocycles. The van der Waals surface area contributed by atoms with Crippen LogP contribution in [-0.4, -0.2) is 32.8 Å². The number of hydrogen-bond acceptors (Lipinski definition) is 4. The van der Waals surface area contributed by atoms with Crippen LogP contribution < -0.4 is 10.1 Å². The first-order valence-corrected chi connectivity index (χ1v) is 9.75. The largest absolute Gasteiger partial charge is 0.573 e. The van der Waals surface area contributed by atoms with Crippen molar-refractivity contribution in [3.8, 4) is 5.75 Å². The summed E-state index contributed by atoms with van der Waals surface area (Å²) in [5.74, 6) is -0.833. The SMILES string of the molecule is C=Cc1cc(Cl)cc2nn(CC(C)(CC)NC(=O)c3ccc(OC(F)(F)F)cc3)nc12. The molecule has 1 unspecified atom stereocenters. The Morgan fingerprint density at radius 2 is 1.94 bits per heavy atom. The number of nitrogens with zero attached hydrogens (tertiary/aromatic N) is 3. The van der Waals surface area contributed by atoms with Crippen molar-refractivity contribution in [2.45, 2.75) is 38.7 Å². The number of benzene rings is 2. The van der Waals surface area contributed by atoms with Crippen LogP contribution in [0.5, 0.6) is 5.75 Å². The fraction of sp³-hybridized carbons (Fsp3) is 0.286. The van der Waals surface area contributed by atoms with E-state index in [9.17, 15) is 18.0 Å². The Labute approximate surface area is 181 Å². The monoisotopic (exact) mass is 452 g/mol. The summed E-state index contributed by atoms with van der Waals surface area (Å²) in [6, 6.07) is 8.15. The minimum Gasteiger partial charge on any atom is -0.406 e. The molecular formula is C21H20ClF3N4O2. The molecule has 1 aromatic heterocycles. The molecule has 0 bridgehead atoms. The number of carbonyl (C=O) groups is 1. The van der Waals surface area contributed by atoms with Crippen LogP contribution in [0.15, 0.2) is 43.0 Å².